The molecule has 2 heterocycles. The number of carbonyl (C=O) groups is 1. The van der Waals surface area contributed by atoms with Gasteiger partial charge in [0, 0.05) is 19.5 Å². The van der Waals surface area contributed by atoms with E-state index in [0.717, 1.165) is 17.4 Å². The van der Waals surface area contributed by atoms with Crippen molar-refractivity contribution in [1.29, 1.82) is 0 Å². The third kappa shape index (κ3) is 3.50. The van der Waals surface area contributed by atoms with Crippen molar-refractivity contribution in [3.05, 3.63) is 35.3 Å². The van der Waals surface area contributed by atoms with E-state index in [0.29, 0.717) is 11.5 Å². The molecule has 9 heteroatoms. The van der Waals surface area contributed by atoms with Gasteiger partial charge in [0.2, 0.25) is 0 Å². The van der Waals surface area contributed by atoms with Gasteiger partial charge in [-0.05, 0) is 18.2 Å². The highest BCUT2D eigenvalue weighted by molar-refractivity contribution is 7.94. The fourth-order valence-corrected chi connectivity index (χ4v) is 3.68. The van der Waals surface area contributed by atoms with Crippen LogP contribution in [0.25, 0.3) is 0 Å². The van der Waals surface area contributed by atoms with Gasteiger partial charge in [-0.25, -0.2) is 18.2 Å². The predicted molar refractivity (Wildman–Crippen MR) is 80.7 cm³/mol. The molecule has 0 amide bonds. The third-order valence-electron chi connectivity index (χ3n) is 2.55. The summed E-state index contributed by atoms with van der Waals surface area (Å²) in [6, 6.07) is 4.39. The van der Waals surface area contributed by atoms with Gasteiger partial charge in [0.1, 0.15) is 10.0 Å². The Balaban J connectivity index is 2.22. The molecule has 2 aromatic rings. The Labute approximate surface area is 125 Å². The zero-order chi connectivity index (χ0) is 15.6. The van der Waals surface area contributed by atoms with Crippen LogP contribution in [0.2, 0.25) is 0 Å². The molecule has 2 aromatic heterocycles. The fraction of sp³-hybridized carbons (Fsp3) is 0.167. The number of carboxylic acid groups (broad SMARTS) is 1. The Bertz CT molecular complexity index is 751. The first kappa shape index (κ1) is 15.3. The average Bonchev–Trinajstić information content (AvgIpc) is 2.89. The van der Waals surface area contributed by atoms with E-state index < -0.39 is 16.0 Å². The minimum atomic E-state index is -3.81. The Morgan fingerprint density at radius 1 is 1.38 bits per heavy atom. The topological polar surface area (TPSA) is 99.6 Å². The maximum atomic E-state index is 12.1. The van der Waals surface area contributed by atoms with Crippen LogP contribution in [0.3, 0.4) is 0 Å². The summed E-state index contributed by atoms with van der Waals surface area (Å²) in [6.45, 7) is 0. The molecule has 7 nitrogen and oxygen atoms in total. The molecule has 0 aliphatic heterocycles. The Morgan fingerprint density at radius 2 is 2.10 bits per heavy atom. The zero-order valence-corrected chi connectivity index (χ0v) is 12.9. The lowest BCUT2D eigenvalue weighted by Crippen LogP contribution is -2.13. The van der Waals surface area contributed by atoms with E-state index in [2.05, 4.69) is 9.71 Å². The normalized spacial score (nSPS) is 11.1. The molecule has 2 N–H and O–H groups in total. The summed E-state index contributed by atoms with van der Waals surface area (Å²) in [7, 11) is -0.158. The van der Waals surface area contributed by atoms with Crippen LogP contribution in [0.4, 0.5) is 11.5 Å². The van der Waals surface area contributed by atoms with Crippen molar-refractivity contribution in [2.45, 2.75) is 4.21 Å². The van der Waals surface area contributed by atoms with Gasteiger partial charge < -0.3 is 10.0 Å². The van der Waals surface area contributed by atoms with Crippen molar-refractivity contribution in [2.75, 3.05) is 23.7 Å². The number of aromatic nitrogens is 1. The number of anilines is 2. The molecule has 0 bridgehead atoms. The van der Waals surface area contributed by atoms with E-state index >= 15 is 0 Å². The first-order valence-electron chi connectivity index (χ1n) is 5.77. The van der Waals surface area contributed by atoms with Crippen LogP contribution in [-0.4, -0.2) is 38.6 Å². The largest absolute Gasteiger partial charge is 0.478 e. The van der Waals surface area contributed by atoms with Crippen LogP contribution in [0.1, 0.15) is 10.4 Å². The van der Waals surface area contributed by atoms with Gasteiger partial charge in [0.25, 0.3) is 10.0 Å². The summed E-state index contributed by atoms with van der Waals surface area (Å²) in [6.07, 6.45) is 1.40. The first-order valence-corrected chi connectivity index (χ1v) is 8.14. The minimum absolute atomic E-state index is 0.0542. The summed E-state index contributed by atoms with van der Waals surface area (Å²) >= 11 is 0.852. The Hall–Kier alpha value is -2.13. The number of nitrogens with one attached hydrogen (secondary N) is 1. The highest BCUT2D eigenvalue weighted by Crippen LogP contribution is 2.23. The zero-order valence-electron chi connectivity index (χ0n) is 11.3. The number of hydrogen-bond acceptors (Lipinski definition) is 6. The third-order valence-corrected chi connectivity index (χ3v) is 5.37. The van der Waals surface area contributed by atoms with Crippen molar-refractivity contribution in [3.63, 3.8) is 0 Å². The highest BCUT2D eigenvalue weighted by Gasteiger charge is 2.19. The van der Waals surface area contributed by atoms with E-state index in [1.165, 1.54) is 11.6 Å². The molecule has 2 rings (SSSR count). The van der Waals surface area contributed by atoms with Gasteiger partial charge in [0.15, 0.2) is 0 Å². The van der Waals surface area contributed by atoms with Crippen LogP contribution in [0.5, 0.6) is 0 Å². The maximum Gasteiger partial charge on any atom is 0.336 e. The predicted octanol–water partition coefficient (Wildman–Crippen LogP) is 1.71. The van der Waals surface area contributed by atoms with E-state index in [9.17, 15) is 13.2 Å². The molecule has 0 aromatic carbocycles. The molecule has 21 heavy (non-hydrogen) atoms. The lowest BCUT2D eigenvalue weighted by molar-refractivity contribution is 0.0697. The number of rotatable bonds is 5. The summed E-state index contributed by atoms with van der Waals surface area (Å²) in [5.74, 6) is -0.466. The van der Waals surface area contributed by atoms with Gasteiger partial charge in [-0.1, -0.05) is 0 Å². The number of pyridine rings is 1. The number of carboxylic acids is 1. The molecule has 0 aliphatic rings. The molecule has 0 unspecified atom stereocenters. The van der Waals surface area contributed by atoms with Gasteiger partial charge in [-0.2, -0.15) is 0 Å². The molecule has 0 spiro atoms. The molecule has 0 radical (unpaired) electrons. The number of thiophene rings is 1. The second-order valence-corrected chi connectivity index (χ2v) is 7.19. The smallest absolute Gasteiger partial charge is 0.336 e. The van der Waals surface area contributed by atoms with Gasteiger partial charge >= 0.3 is 5.97 Å². The molecule has 112 valence electrons. The van der Waals surface area contributed by atoms with E-state index in [-0.39, 0.29) is 9.77 Å². The second-order valence-electron chi connectivity index (χ2n) is 4.36. The molecule has 0 aliphatic carbocycles. The number of nitrogens with zero attached hydrogens (tertiary/aromatic N) is 2. The van der Waals surface area contributed by atoms with E-state index in [1.54, 1.807) is 17.0 Å². The van der Waals surface area contributed by atoms with Crippen molar-refractivity contribution in [1.82, 2.24) is 4.98 Å². The van der Waals surface area contributed by atoms with Crippen LogP contribution in [0.15, 0.2) is 34.0 Å². The van der Waals surface area contributed by atoms with Crippen LogP contribution >= 0.6 is 11.3 Å². The lowest BCUT2D eigenvalue weighted by Gasteiger charge is -2.11. The second kappa shape index (κ2) is 5.70. The number of aromatic carboxylic acids is 1. The maximum absolute atomic E-state index is 12.1. The molecular formula is C12H13N3O4S2. The van der Waals surface area contributed by atoms with Crippen LogP contribution < -0.4 is 9.62 Å². The molecule has 0 saturated heterocycles. The van der Waals surface area contributed by atoms with E-state index in [4.69, 9.17) is 5.11 Å². The molecule has 0 atom stereocenters. The fourth-order valence-electron chi connectivity index (χ4n) is 1.49. The monoisotopic (exact) mass is 327 g/mol. The van der Waals surface area contributed by atoms with Crippen LogP contribution in [-0.2, 0) is 10.0 Å². The first-order chi connectivity index (χ1) is 9.79. The van der Waals surface area contributed by atoms with Gasteiger partial charge in [-0.15, -0.1) is 11.3 Å². The van der Waals surface area contributed by atoms with Crippen molar-refractivity contribution >= 4 is 38.8 Å². The highest BCUT2D eigenvalue weighted by atomic mass is 32.2. The quantitative estimate of drug-likeness (QED) is 0.867. The SMILES string of the molecule is CN(C)c1ccc(NS(=O)(=O)c2cc(C(=O)O)cs2)cn1. The van der Waals surface area contributed by atoms with E-state index in [1.807, 2.05) is 14.1 Å². The van der Waals surface area contributed by atoms with Crippen molar-refractivity contribution in [3.8, 4) is 0 Å². The summed E-state index contributed by atoms with van der Waals surface area (Å²) in [5, 5.41) is 10.1. The molecule has 0 saturated carbocycles. The summed E-state index contributed by atoms with van der Waals surface area (Å²) in [5.41, 5.74) is 0.257. The van der Waals surface area contributed by atoms with Crippen molar-refractivity contribution < 1.29 is 18.3 Å². The number of hydrogen-bond donors (Lipinski definition) is 2. The Morgan fingerprint density at radius 3 is 2.57 bits per heavy atom. The Kier molecular flexibility index (Phi) is 4.14. The standard InChI is InChI=1S/C12H13N3O4S2/c1-15(2)10-4-3-9(6-13-10)14-21(18,19)11-5-8(7-20-11)12(16)17/h3-7,14H,1-2H3,(H,16,17). The van der Waals surface area contributed by atoms with Gasteiger partial charge in [0.05, 0.1) is 17.4 Å². The van der Waals surface area contributed by atoms with Gasteiger partial charge in [-0.3, -0.25) is 4.72 Å². The minimum Gasteiger partial charge on any atom is -0.478 e. The van der Waals surface area contributed by atoms with Crippen LogP contribution in [0, 0.1) is 0 Å². The number of sulfonamides is 1. The lowest BCUT2D eigenvalue weighted by atomic mass is 10.4. The summed E-state index contributed by atoms with van der Waals surface area (Å²) in [4.78, 5) is 16.7. The average molecular weight is 327 g/mol. The summed E-state index contributed by atoms with van der Waals surface area (Å²) < 4.78 is 26.6. The molecule has 0 fully saturated rings. The molecular weight excluding hydrogens is 314 g/mol. The van der Waals surface area contributed by atoms with Crippen molar-refractivity contribution in [2.24, 2.45) is 0 Å².